The summed E-state index contributed by atoms with van der Waals surface area (Å²) in [5.74, 6) is 0.0417. The molecule has 0 aliphatic rings. The molecule has 0 saturated heterocycles. The first-order valence-electron chi connectivity index (χ1n) is 6.54. The number of hydrogen-bond acceptors (Lipinski definition) is 4. The number of hydrogen-bond donors (Lipinski definition) is 1. The molecule has 2 unspecified atom stereocenters. The Kier molecular flexibility index (Phi) is 6.37. The van der Waals surface area contributed by atoms with Crippen molar-refractivity contribution in [3.63, 3.8) is 0 Å². The molecule has 0 bridgehead atoms. The maximum atomic E-state index is 11.2. The number of aromatic nitrogens is 1. The molecule has 0 aliphatic heterocycles. The van der Waals surface area contributed by atoms with Gasteiger partial charge in [-0.15, -0.1) is 0 Å². The number of halogens is 1. The van der Waals surface area contributed by atoms with Crippen LogP contribution in [0.3, 0.4) is 0 Å². The van der Waals surface area contributed by atoms with Crippen molar-refractivity contribution in [2.75, 3.05) is 6.54 Å². The zero-order chi connectivity index (χ0) is 14.4. The maximum Gasteiger partial charge on any atom is 0.292 e. The normalized spacial score (nSPS) is 14.1. The number of nitrogens with one attached hydrogen (secondary N) is 1. The molecule has 6 heteroatoms. The van der Waals surface area contributed by atoms with Gasteiger partial charge in [0.1, 0.15) is 5.69 Å². The molecule has 0 amide bonds. The second-order valence-corrected chi connectivity index (χ2v) is 5.49. The van der Waals surface area contributed by atoms with E-state index in [1.54, 1.807) is 6.20 Å². The Bertz CT molecular complexity index is 440. The highest BCUT2D eigenvalue weighted by Crippen LogP contribution is 2.31. The lowest BCUT2D eigenvalue weighted by Crippen LogP contribution is -2.33. The van der Waals surface area contributed by atoms with Gasteiger partial charge in [-0.3, -0.25) is 15.1 Å². The van der Waals surface area contributed by atoms with E-state index in [-0.39, 0.29) is 22.6 Å². The van der Waals surface area contributed by atoms with Gasteiger partial charge in [0.15, 0.2) is 0 Å². The van der Waals surface area contributed by atoms with Crippen LogP contribution in [-0.4, -0.2) is 22.5 Å². The first-order chi connectivity index (χ1) is 9.01. The highest BCUT2D eigenvalue weighted by Gasteiger charge is 2.27. The SMILES string of the molecule is CCCNC(C)C(CC)c1ncc(Br)cc1[N+](=O)[O-]. The average molecular weight is 330 g/mol. The molecular formula is C13H20BrN3O2. The van der Waals surface area contributed by atoms with Gasteiger partial charge in [-0.1, -0.05) is 13.8 Å². The number of rotatable bonds is 7. The van der Waals surface area contributed by atoms with Crippen LogP contribution in [0.4, 0.5) is 5.69 Å². The molecule has 0 radical (unpaired) electrons. The quantitative estimate of drug-likeness (QED) is 0.612. The minimum absolute atomic E-state index is 0.0417. The van der Waals surface area contributed by atoms with E-state index in [0.717, 1.165) is 19.4 Å². The monoisotopic (exact) mass is 329 g/mol. The van der Waals surface area contributed by atoms with Crippen LogP contribution in [0.25, 0.3) is 0 Å². The Morgan fingerprint density at radius 2 is 2.21 bits per heavy atom. The molecule has 2 atom stereocenters. The number of nitro groups is 1. The van der Waals surface area contributed by atoms with Crippen LogP contribution in [0.15, 0.2) is 16.7 Å². The maximum absolute atomic E-state index is 11.2. The first-order valence-corrected chi connectivity index (χ1v) is 7.33. The largest absolute Gasteiger partial charge is 0.314 e. The summed E-state index contributed by atoms with van der Waals surface area (Å²) in [6, 6.07) is 1.69. The van der Waals surface area contributed by atoms with Gasteiger partial charge in [0.25, 0.3) is 5.69 Å². The molecule has 0 aromatic carbocycles. The van der Waals surface area contributed by atoms with Crippen molar-refractivity contribution in [3.05, 3.63) is 32.5 Å². The zero-order valence-electron chi connectivity index (χ0n) is 11.5. The van der Waals surface area contributed by atoms with Gasteiger partial charge in [-0.05, 0) is 42.2 Å². The van der Waals surface area contributed by atoms with Gasteiger partial charge in [0, 0.05) is 28.7 Å². The lowest BCUT2D eigenvalue weighted by atomic mass is 9.93. The molecular weight excluding hydrogens is 310 g/mol. The van der Waals surface area contributed by atoms with E-state index in [1.165, 1.54) is 6.07 Å². The van der Waals surface area contributed by atoms with E-state index >= 15 is 0 Å². The van der Waals surface area contributed by atoms with E-state index in [2.05, 4.69) is 40.1 Å². The van der Waals surface area contributed by atoms with E-state index in [0.29, 0.717) is 10.2 Å². The highest BCUT2D eigenvalue weighted by atomic mass is 79.9. The smallest absolute Gasteiger partial charge is 0.292 e. The topological polar surface area (TPSA) is 68.1 Å². The standard InChI is InChI=1S/C13H20BrN3O2/c1-4-6-15-9(3)11(5-2)13-12(17(18)19)7-10(14)8-16-13/h7-9,11,15H,4-6H2,1-3H3. The molecule has 1 N–H and O–H groups in total. The van der Waals surface area contributed by atoms with Crippen LogP contribution < -0.4 is 5.32 Å². The minimum atomic E-state index is -0.359. The minimum Gasteiger partial charge on any atom is -0.314 e. The molecule has 0 aliphatic carbocycles. The molecule has 1 rings (SSSR count). The lowest BCUT2D eigenvalue weighted by molar-refractivity contribution is -0.386. The third-order valence-corrected chi connectivity index (χ3v) is 3.61. The van der Waals surface area contributed by atoms with Gasteiger partial charge in [0.2, 0.25) is 0 Å². The van der Waals surface area contributed by atoms with Crippen LogP contribution in [0, 0.1) is 10.1 Å². The van der Waals surface area contributed by atoms with Gasteiger partial charge < -0.3 is 5.32 Å². The predicted octanol–water partition coefficient (Wildman–Crippen LogP) is 3.63. The van der Waals surface area contributed by atoms with Crippen molar-refractivity contribution in [1.29, 1.82) is 0 Å². The van der Waals surface area contributed by atoms with Gasteiger partial charge in [0.05, 0.1) is 4.92 Å². The van der Waals surface area contributed by atoms with Crippen LogP contribution in [-0.2, 0) is 0 Å². The van der Waals surface area contributed by atoms with E-state index in [1.807, 2.05) is 6.92 Å². The summed E-state index contributed by atoms with van der Waals surface area (Å²) in [6.07, 6.45) is 3.47. The Labute approximate surface area is 122 Å². The summed E-state index contributed by atoms with van der Waals surface area (Å²) < 4.78 is 0.631. The number of pyridine rings is 1. The first kappa shape index (κ1) is 16.0. The van der Waals surface area contributed by atoms with Crippen molar-refractivity contribution in [2.24, 2.45) is 0 Å². The molecule has 0 saturated carbocycles. The fraction of sp³-hybridized carbons (Fsp3) is 0.615. The van der Waals surface area contributed by atoms with Crippen molar-refractivity contribution < 1.29 is 4.92 Å². The molecule has 0 spiro atoms. The zero-order valence-corrected chi connectivity index (χ0v) is 13.1. The van der Waals surface area contributed by atoms with Crippen LogP contribution in [0.5, 0.6) is 0 Å². The van der Waals surface area contributed by atoms with E-state index < -0.39 is 0 Å². The Morgan fingerprint density at radius 3 is 2.74 bits per heavy atom. The average Bonchev–Trinajstić information content (AvgIpc) is 2.38. The van der Waals surface area contributed by atoms with Gasteiger partial charge in [-0.25, -0.2) is 0 Å². The Hall–Kier alpha value is -1.01. The highest BCUT2D eigenvalue weighted by molar-refractivity contribution is 9.10. The Morgan fingerprint density at radius 1 is 1.53 bits per heavy atom. The molecule has 1 heterocycles. The second kappa shape index (κ2) is 7.55. The fourth-order valence-electron chi connectivity index (χ4n) is 2.17. The Balaban J connectivity index is 3.07. The van der Waals surface area contributed by atoms with Crippen molar-refractivity contribution >= 4 is 21.6 Å². The molecule has 1 aromatic heterocycles. The lowest BCUT2D eigenvalue weighted by Gasteiger charge is -2.23. The third-order valence-electron chi connectivity index (χ3n) is 3.17. The molecule has 1 aromatic rings. The van der Waals surface area contributed by atoms with Crippen LogP contribution in [0.2, 0.25) is 0 Å². The summed E-state index contributed by atoms with van der Waals surface area (Å²) >= 11 is 3.23. The van der Waals surface area contributed by atoms with E-state index in [4.69, 9.17) is 0 Å². The van der Waals surface area contributed by atoms with Gasteiger partial charge in [-0.2, -0.15) is 0 Å². The van der Waals surface area contributed by atoms with Crippen LogP contribution in [0.1, 0.15) is 45.2 Å². The van der Waals surface area contributed by atoms with E-state index in [9.17, 15) is 10.1 Å². The number of nitrogens with zero attached hydrogens (tertiary/aromatic N) is 2. The summed E-state index contributed by atoms with van der Waals surface area (Å²) in [5, 5.41) is 14.5. The fourth-order valence-corrected chi connectivity index (χ4v) is 2.49. The summed E-state index contributed by atoms with van der Waals surface area (Å²) in [4.78, 5) is 15.1. The molecule has 19 heavy (non-hydrogen) atoms. The molecule has 0 fully saturated rings. The molecule has 106 valence electrons. The van der Waals surface area contributed by atoms with Crippen LogP contribution >= 0.6 is 15.9 Å². The van der Waals surface area contributed by atoms with Crippen molar-refractivity contribution in [2.45, 2.75) is 45.6 Å². The summed E-state index contributed by atoms with van der Waals surface area (Å²) in [5.41, 5.74) is 0.651. The third kappa shape index (κ3) is 4.24. The molecule has 5 nitrogen and oxygen atoms in total. The second-order valence-electron chi connectivity index (χ2n) is 4.57. The summed E-state index contributed by atoms with van der Waals surface area (Å²) in [7, 11) is 0. The summed E-state index contributed by atoms with van der Waals surface area (Å²) in [6.45, 7) is 7.09. The predicted molar refractivity (Wildman–Crippen MR) is 79.4 cm³/mol. The van der Waals surface area contributed by atoms with Crippen molar-refractivity contribution in [3.8, 4) is 0 Å². The van der Waals surface area contributed by atoms with Gasteiger partial charge >= 0.3 is 0 Å². The van der Waals surface area contributed by atoms with Crippen molar-refractivity contribution in [1.82, 2.24) is 10.3 Å².